The van der Waals surface area contributed by atoms with Gasteiger partial charge in [0.05, 0.1) is 12.6 Å². The molecule has 0 aromatic rings. The second kappa shape index (κ2) is 5.11. The molecular formula is C8H19N3O. The number of hydrogen-bond acceptors (Lipinski definition) is 3. The molecule has 0 spiro atoms. The SMILES string of the molecule is COCC(C)N(C)C(C)C(=N)N. The molecule has 0 amide bonds. The van der Waals surface area contributed by atoms with Gasteiger partial charge in [-0.1, -0.05) is 0 Å². The summed E-state index contributed by atoms with van der Waals surface area (Å²) in [5.41, 5.74) is 5.37. The van der Waals surface area contributed by atoms with Gasteiger partial charge in [0.15, 0.2) is 0 Å². The van der Waals surface area contributed by atoms with Crippen molar-refractivity contribution < 1.29 is 4.74 Å². The maximum Gasteiger partial charge on any atom is 0.108 e. The summed E-state index contributed by atoms with van der Waals surface area (Å²) < 4.78 is 5.00. The molecule has 0 bridgehead atoms. The third-order valence-electron chi connectivity index (χ3n) is 2.16. The number of likely N-dealkylation sites (N-methyl/N-ethyl adjacent to an activating group) is 1. The van der Waals surface area contributed by atoms with Crippen LogP contribution in [0.2, 0.25) is 0 Å². The molecule has 0 rings (SSSR count). The van der Waals surface area contributed by atoms with Crippen molar-refractivity contribution in [2.45, 2.75) is 25.9 Å². The molecule has 0 radical (unpaired) electrons. The molecule has 0 heterocycles. The fraction of sp³-hybridized carbons (Fsp3) is 0.875. The summed E-state index contributed by atoms with van der Waals surface area (Å²) in [5.74, 6) is 0.195. The third kappa shape index (κ3) is 3.19. The van der Waals surface area contributed by atoms with Gasteiger partial charge in [0.1, 0.15) is 5.84 Å². The lowest BCUT2D eigenvalue weighted by Crippen LogP contribution is -2.45. The van der Waals surface area contributed by atoms with Gasteiger partial charge in [0, 0.05) is 13.2 Å². The summed E-state index contributed by atoms with van der Waals surface area (Å²) in [6.07, 6.45) is 0. The first-order valence-electron chi connectivity index (χ1n) is 4.05. The summed E-state index contributed by atoms with van der Waals surface area (Å²) in [6, 6.07) is 0.268. The van der Waals surface area contributed by atoms with E-state index in [4.69, 9.17) is 15.9 Å². The first-order valence-corrected chi connectivity index (χ1v) is 4.05. The predicted octanol–water partition coefficient (Wildman–Crippen LogP) is 0.278. The normalized spacial score (nSPS) is 16.1. The van der Waals surface area contributed by atoms with Crippen molar-refractivity contribution in [3.8, 4) is 0 Å². The minimum absolute atomic E-state index is 0.0184. The second-order valence-electron chi connectivity index (χ2n) is 3.10. The van der Waals surface area contributed by atoms with Crippen LogP contribution in [0.25, 0.3) is 0 Å². The zero-order valence-electron chi connectivity index (χ0n) is 8.29. The number of nitrogens with zero attached hydrogens (tertiary/aromatic N) is 1. The lowest BCUT2D eigenvalue weighted by atomic mass is 10.2. The molecule has 12 heavy (non-hydrogen) atoms. The Balaban J connectivity index is 3.99. The van der Waals surface area contributed by atoms with Gasteiger partial charge in [-0.15, -0.1) is 0 Å². The monoisotopic (exact) mass is 173 g/mol. The van der Waals surface area contributed by atoms with Crippen molar-refractivity contribution in [1.82, 2.24) is 4.90 Å². The van der Waals surface area contributed by atoms with E-state index in [0.717, 1.165) is 0 Å². The number of nitrogens with two attached hydrogens (primary N) is 1. The Bertz CT molecular complexity index is 149. The first kappa shape index (κ1) is 11.4. The predicted molar refractivity (Wildman–Crippen MR) is 50.5 cm³/mol. The maximum atomic E-state index is 7.25. The number of methoxy groups -OCH3 is 1. The molecule has 0 saturated carbocycles. The molecule has 0 aliphatic rings. The second-order valence-corrected chi connectivity index (χ2v) is 3.10. The van der Waals surface area contributed by atoms with Crippen LogP contribution in [0.4, 0.5) is 0 Å². The average molecular weight is 173 g/mol. The van der Waals surface area contributed by atoms with E-state index in [9.17, 15) is 0 Å². The minimum Gasteiger partial charge on any atom is -0.386 e. The van der Waals surface area contributed by atoms with Crippen molar-refractivity contribution in [2.24, 2.45) is 5.73 Å². The topological polar surface area (TPSA) is 62.3 Å². The number of amidine groups is 1. The van der Waals surface area contributed by atoms with Crippen molar-refractivity contribution in [3.05, 3.63) is 0 Å². The molecule has 0 aliphatic carbocycles. The fourth-order valence-corrected chi connectivity index (χ4v) is 0.960. The van der Waals surface area contributed by atoms with Crippen LogP contribution in [0.3, 0.4) is 0 Å². The molecule has 0 saturated heterocycles. The third-order valence-corrected chi connectivity index (χ3v) is 2.16. The summed E-state index contributed by atoms with van der Waals surface area (Å²) in [5, 5.41) is 7.25. The molecule has 0 aliphatic heterocycles. The molecule has 72 valence electrons. The van der Waals surface area contributed by atoms with Crippen LogP contribution in [-0.4, -0.2) is 43.6 Å². The van der Waals surface area contributed by atoms with Crippen molar-refractivity contribution in [1.29, 1.82) is 5.41 Å². The Morgan fingerprint density at radius 1 is 1.58 bits per heavy atom. The first-order chi connectivity index (χ1) is 5.50. The van der Waals surface area contributed by atoms with E-state index in [-0.39, 0.29) is 17.9 Å². The minimum atomic E-state index is -0.0184. The molecule has 0 aromatic carbocycles. The Morgan fingerprint density at radius 3 is 2.42 bits per heavy atom. The standard InChI is InChI=1S/C8H19N3O/c1-6(5-12-4)11(3)7(2)8(9)10/h6-7H,5H2,1-4H3,(H3,9,10). The van der Waals surface area contributed by atoms with E-state index in [1.54, 1.807) is 7.11 Å². The molecule has 2 atom stereocenters. The Hall–Kier alpha value is -0.610. The highest BCUT2D eigenvalue weighted by atomic mass is 16.5. The fourth-order valence-electron chi connectivity index (χ4n) is 0.960. The number of ether oxygens (including phenoxy) is 1. The van der Waals surface area contributed by atoms with Crippen LogP contribution < -0.4 is 5.73 Å². The van der Waals surface area contributed by atoms with Gasteiger partial charge in [-0.3, -0.25) is 10.3 Å². The highest BCUT2D eigenvalue weighted by molar-refractivity contribution is 5.82. The van der Waals surface area contributed by atoms with Crippen LogP contribution in [0.15, 0.2) is 0 Å². The van der Waals surface area contributed by atoms with Gasteiger partial charge in [0.2, 0.25) is 0 Å². The molecule has 4 heteroatoms. The van der Waals surface area contributed by atoms with E-state index < -0.39 is 0 Å². The summed E-state index contributed by atoms with van der Waals surface area (Å²) >= 11 is 0. The zero-order valence-corrected chi connectivity index (χ0v) is 8.29. The highest BCUT2D eigenvalue weighted by Crippen LogP contribution is 2.01. The maximum absolute atomic E-state index is 7.25. The van der Waals surface area contributed by atoms with E-state index in [2.05, 4.69) is 0 Å². The smallest absolute Gasteiger partial charge is 0.108 e. The average Bonchev–Trinajstić information content (AvgIpc) is 2.02. The highest BCUT2D eigenvalue weighted by Gasteiger charge is 2.17. The lowest BCUT2D eigenvalue weighted by Gasteiger charge is -2.29. The quantitative estimate of drug-likeness (QED) is 0.463. The lowest BCUT2D eigenvalue weighted by molar-refractivity contribution is 0.108. The van der Waals surface area contributed by atoms with Gasteiger partial charge >= 0.3 is 0 Å². The number of nitrogens with one attached hydrogen (secondary N) is 1. The largest absolute Gasteiger partial charge is 0.386 e. The zero-order chi connectivity index (χ0) is 9.72. The number of rotatable bonds is 5. The van der Waals surface area contributed by atoms with Gasteiger partial charge in [-0.25, -0.2) is 0 Å². The van der Waals surface area contributed by atoms with Crippen molar-refractivity contribution in [3.63, 3.8) is 0 Å². The van der Waals surface area contributed by atoms with Crippen LogP contribution in [0, 0.1) is 5.41 Å². The molecule has 4 nitrogen and oxygen atoms in total. The molecule has 0 aromatic heterocycles. The van der Waals surface area contributed by atoms with Gasteiger partial charge in [0.25, 0.3) is 0 Å². The van der Waals surface area contributed by atoms with E-state index in [0.29, 0.717) is 6.61 Å². The van der Waals surface area contributed by atoms with E-state index in [1.807, 2.05) is 25.8 Å². The van der Waals surface area contributed by atoms with Crippen LogP contribution >= 0.6 is 0 Å². The Labute approximate surface area is 74.2 Å². The van der Waals surface area contributed by atoms with Gasteiger partial charge < -0.3 is 10.5 Å². The molecular weight excluding hydrogens is 154 g/mol. The summed E-state index contributed by atoms with van der Waals surface area (Å²) in [6.45, 7) is 4.62. The van der Waals surface area contributed by atoms with Crippen LogP contribution in [0.5, 0.6) is 0 Å². The Morgan fingerprint density at radius 2 is 2.08 bits per heavy atom. The van der Waals surface area contributed by atoms with Crippen molar-refractivity contribution >= 4 is 5.84 Å². The summed E-state index contributed by atoms with van der Waals surface area (Å²) in [7, 11) is 3.61. The molecule has 0 fully saturated rings. The van der Waals surface area contributed by atoms with E-state index >= 15 is 0 Å². The Kier molecular flexibility index (Phi) is 4.85. The van der Waals surface area contributed by atoms with E-state index in [1.165, 1.54) is 0 Å². The van der Waals surface area contributed by atoms with Crippen molar-refractivity contribution in [2.75, 3.05) is 20.8 Å². The van der Waals surface area contributed by atoms with Crippen LogP contribution in [-0.2, 0) is 4.74 Å². The van der Waals surface area contributed by atoms with Gasteiger partial charge in [-0.05, 0) is 20.9 Å². The summed E-state index contributed by atoms with van der Waals surface area (Å²) in [4.78, 5) is 2.02. The van der Waals surface area contributed by atoms with Gasteiger partial charge in [-0.2, -0.15) is 0 Å². The molecule has 3 N–H and O–H groups in total. The molecule has 2 unspecified atom stereocenters. The number of hydrogen-bond donors (Lipinski definition) is 2. The van der Waals surface area contributed by atoms with Crippen LogP contribution in [0.1, 0.15) is 13.8 Å².